The van der Waals surface area contributed by atoms with E-state index in [1.165, 1.54) is 12.8 Å². The van der Waals surface area contributed by atoms with Crippen LogP contribution >= 0.6 is 0 Å². The molecule has 3 rings (SSSR count). The van der Waals surface area contributed by atoms with Crippen molar-refractivity contribution in [3.8, 4) is 0 Å². The van der Waals surface area contributed by atoms with Crippen molar-refractivity contribution in [3.63, 3.8) is 0 Å². The number of halogens is 5. The minimum Gasteiger partial charge on any atom is -0.211 e. The van der Waals surface area contributed by atoms with Gasteiger partial charge in [0.1, 0.15) is 0 Å². The van der Waals surface area contributed by atoms with Crippen molar-refractivity contribution in [1.29, 1.82) is 0 Å². The number of hydrogen-bond acceptors (Lipinski definition) is 0. The van der Waals surface area contributed by atoms with Crippen molar-refractivity contribution in [1.82, 2.24) is 0 Å². The zero-order valence-corrected chi connectivity index (χ0v) is 16.2. The Morgan fingerprint density at radius 1 is 0.821 bits per heavy atom. The maximum Gasteiger partial charge on any atom is 0.238 e. The molecule has 0 aliphatic heterocycles. The smallest absolute Gasteiger partial charge is 0.211 e. The molecule has 0 unspecified atom stereocenters. The lowest BCUT2D eigenvalue weighted by Crippen LogP contribution is -2.25. The highest BCUT2D eigenvalue weighted by atomic mass is 19.3. The van der Waals surface area contributed by atoms with Crippen LogP contribution in [0.25, 0.3) is 0 Å². The van der Waals surface area contributed by atoms with Crippen LogP contribution in [0, 0.1) is 35.2 Å². The molecule has 0 nitrogen and oxygen atoms in total. The lowest BCUT2D eigenvalue weighted by Gasteiger charge is -2.37. The fraction of sp³-hybridized carbons (Fsp3) is 0.652. The van der Waals surface area contributed by atoms with Gasteiger partial charge in [-0.1, -0.05) is 12.2 Å². The third kappa shape index (κ3) is 5.57. The van der Waals surface area contributed by atoms with E-state index in [0.717, 1.165) is 50.7 Å². The topological polar surface area (TPSA) is 0 Å². The quantitative estimate of drug-likeness (QED) is 0.260. The van der Waals surface area contributed by atoms with Gasteiger partial charge in [-0.2, -0.15) is 0 Å². The van der Waals surface area contributed by atoms with Crippen LogP contribution in [0.1, 0.15) is 75.7 Å². The van der Waals surface area contributed by atoms with Crippen LogP contribution in [0.4, 0.5) is 22.0 Å². The first-order valence-electron chi connectivity index (χ1n) is 10.5. The zero-order valence-electron chi connectivity index (χ0n) is 16.2. The maximum atomic E-state index is 13.5. The molecule has 0 N–H and O–H groups in total. The molecule has 0 atom stereocenters. The van der Waals surface area contributed by atoms with Crippen molar-refractivity contribution in [2.75, 3.05) is 0 Å². The standard InChI is InChI=1S/C23H29F5/c24-20-13-19(14-21(25)23(20)28)18-11-9-17(10-12-18)16-7-5-15(6-8-16)3-1-2-4-22(26)27/h1,3,13-18,22H,2,4-12H2/b3-1+. The van der Waals surface area contributed by atoms with Gasteiger partial charge in [0.05, 0.1) is 0 Å². The molecule has 0 aromatic heterocycles. The molecule has 2 fully saturated rings. The van der Waals surface area contributed by atoms with E-state index in [2.05, 4.69) is 6.08 Å². The Kier molecular flexibility index (Phi) is 7.53. The van der Waals surface area contributed by atoms with Crippen LogP contribution in [0.2, 0.25) is 0 Å². The summed E-state index contributed by atoms with van der Waals surface area (Å²) in [6.45, 7) is 0. The van der Waals surface area contributed by atoms with Gasteiger partial charge < -0.3 is 0 Å². The largest absolute Gasteiger partial charge is 0.238 e. The van der Waals surface area contributed by atoms with E-state index < -0.39 is 23.9 Å². The van der Waals surface area contributed by atoms with Crippen molar-refractivity contribution >= 4 is 0 Å². The Balaban J connectivity index is 1.44. The second-order valence-electron chi connectivity index (χ2n) is 8.48. The van der Waals surface area contributed by atoms with Gasteiger partial charge in [0.2, 0.25) is 6.43 Å². The SMILES string of the molecule is Fc1cc(C2CCC(C3CCC(/C=C/CCC(F)F)CC3)CC2)cc(F)c1F. The number of rotatable bonds is 6. The Bertz CT molecular complexity index is 630. The summed E-state index contributed by atoms with van der Waals surface area (Å²) in [5, 5.41) is 0. The molecule has 0 amide bonds. The summed E-state index contributed by atoms with van der Waals surface area (Å²) in [6, 6.07) is 2.30. The van der Waals surface area contributed by atoms with E-state index in [1.807, 2.05) is 6.08 Å². The van der Waals surface area contributed by atoms with Gasteiger partial charge in [0.25, 0.3) is 0 Å². The minimum absolute atomic E-state index is 0.0586. The van der Waals surface area contributed by atoms with Crippen molar-refractivity contribution in [2.45, 2.75) is 76.6 Å². The second-order valence-corrected chi connectivity index (χ2v) is 8.48. The van der Waals surface area contributed by atoms with Crippen LogP contribution < -0.4 is 0 Å². The lowest BCUT2D eigenvalue weighted by atomic mass is 9.68. The number of allylic oxidation sites excluding steroid dienone is 2. The number of alkyl halides is 2. The molecule has 2 saturated carbocycles. The average Bonchev–Trinajstić information content (AvgIpc) is 2.69. The zero-order chi connectivity index (χ0) is 20.1. The predicted octanol–water partition coefficient (Wildman–Crippen LogP) is 7.79. The molecule has 2 aliphatic rings. The van der Waals surface area contributed by atoms with Gasteiger partial charge in [-0.25, -0.2) is 22.0 Å². The molecular weight excluding hydrogens is 371 g/mol. The highest BCUT2D eigenvalue weighted by molar-refractivity contribution is 5.23. The summed E-state index contributed by atoms with van der Waals surface area (Å²) in [4.78, 5) is 0. The third-order valence-electron chi connectivity index (χ3n) is 6.69. The molecule has 0 heterocycles. The average molecular weight is 400 g/mol. The Hall–Kier alpha value is -1.39. The fourth-order valence-electron chi connectivity index (χ4n) is 5.05. The Labute approximate surface area is 164 Å². The van der Waals surface area contributed by atoms with Crippen LogP contribution in [0.15, 0.2) is 24.3 Å². The first-order valence-corrected chi connectivity index (χ1v) is 10.5. The Morgan fingerprint density at radius 2 is 1.36 bits per heavy atom. The molecule has 0 bridgehead atoms. The molecule has 0 radical (unpaired) electrons. The van der Waals surface area contributed by atoms with Gasteiger partial charge in [-0.05, 0) is 99.2 Å². The molecule has 0 saturated heterocycles. The van der Waals surface area contributed by atoms with E-state index in [1.54, 1.807) is 0 Å². The molecule has 1 aromatic rings. The molecular formula is C23H29F5. The molecule has 2 aliphatic carbocycles. The summed E-state index contributed by atoms with van der Waals surface area (Å²) in [5.74, 6) is -1.64. The minimum atomic E-state index is -2.22. The molecule has 1 aromatic carbocycles. The number of hydrogen-bond donors (Lipinski definition) is 0. The van der Waals surface area contributed by atoms with Crippen LogP contribution in [-0.4, -0.2) is 6.43 Å². The monoisotopic (exact) mass is 400 g/mol. The molecule has 156 valence electrons. The number of benzene rings is 1. The first kappa shape index (κ1) is 21.3. The van der Waals surface area contributed by atoms with Gasteiger partial charge in [0.15, 0.2) is 17.5 Å². The highest BCUT2D eigenvalue weighted by Crippen LogP contribution is 2.44. The molecule has 28 heavy (non-hydrogen) atoms. The first-order chi connectivity index (χ1) is 13.4. The van der Waals surface area contributed by atoms with E-state index in [9.17, 15) is 22.0 Å². The van der Waals surface area contributed by atoms with Crippen LogP contribution in [0.5, 0.6) is 0 Å². The molecule has 0 spiro atoms. The van der Waals surface area contributed by atoms with Crippen molar-refractivity contribution < 1.29 is 22.0 Å². The van der Waals surface area contributed by atoms with Crippen LogP contribution in [0.3, 0.4) is 0 Å². The van der Waals surface area contributed by atoms with E-state index in [0.29, 0.717) is 29.7 Å². The van der Waals surface area contributed by atoms with Gasteiger partial charge in [-0.3, -0.25) is 0 Å². The van der Waals surface area contributed by atoms with E-state index in [4.69, 9.17) is 0 Å². The second kappa shape index (κ2) is 9.89. The van der Waals surface area contributed by atoms with Crippen LogP contribution in [-0.2, 0) is 0 Å². The van der Waals surface area contributed by atoms with E-state index >= 15 is 0 Å². The highest BCUT2D eigenvalue weighted by Gasteiger charge is 2.31. The third-order valence-corrected chi connectivity index (χ3v) is 6.69. The van der Waals surface area contributed by atoms with Gasteiger partial charge in [-0.15, -0.1) is 0 Å². The lowest BCUT2D eigenvalue weighted by molar-refractivity contribution is 0.139. The van der Waals surface area contributed by atoms with Crippen molar-refractivity contribution in [2.24, 2.45) is 17.8 Å². The summed E-state index contributed by atoms with van der Waals surface area (Å²) < 4.78 is 64.5. The molecule has 5 heteroatoms. The normalized spacial score (nSPS) is 28.9. The summed E-state index contributed by atoms with van der Waals surface area (Å²) in [7, 11) is 0. The van der Waals surface area contributed by atoms with Crippen molar-refractivity contribution in [3.05, 3.63) is 47.3 Å². The van der Waals surface area contributed by atoms with Gasteiger partial charge >= 0.3 is 0 Å². The fourth-order valence-corrected chi connectivity index (χ4v) is 5.05. The van der Waals surface area contributed by atoms with Gasteiger partial charge in [0, 0.05) is 6.42 Å². The Morgan fingerprint density at radius 3 is 1.89 bits per heavy atom. The van der Waals surface area contributed by atoms with E-state index in [-0.39, 0.29) is 12.3 Å². The summed E-state index contributed by atoms with van der Waals surface area (Å²) >= 11 is 0. The summed E-state index contributed by atoms with van der Waals surface area (Å²) in [5.41, 5.74) is 0.576. The predicted molar refractivity (Wildman–Crippen MR) is 101 cm³/mol. The summed E-state index contributed by atoms with van der Waals surface area (Å²) in [6.07, 6.45) is 10.6. The maximum absolute atomic E-state index is 13.5.